The van der Waals surface area contributed by atoms with Crippen molar-refractivity contribution in [2.45, 2.75) is 13.0 Å². The molecule has 25 heavy (non-hydrogen) atoms. The van der Waals surface area contributed by atoms with E-state index in [4.69, 9.17) is 0 Å². The summed E-state index contributed by atoms with van der Waals surface area (Å²) in [5.41, 5.74) is 2.80. The third-order valence-corrected chi connectivity index (χ3v) is 3.26. The normalized spacial score (nSPS) is 12.0. The number of hydrogen-bond acceptors (Lipinski definition) is 7. The largest absolute Gasteiger partial charge is 0.378 e. The molecule has 0 aliphatic carbocycles. The first-order valence-corrected chi connectivity index (χ1v) is 7.42. The van der Waals surface area contributed by atoms with Gasteiger partial charge in [-0.1, -0.05) is 12.1 Å². The molecule has 0 unspecified atom stereocenters. The molecule has 1 atom stereocenters. The number of carbonyl (C=O) groups is 1. The fourth-order valence-corrected chi connectivity index (χ4v) is 1.84. The van der Waals surface area contributed by atoms with Crippen LogP contribution in [0.3, 0.4) is 0 Å². The third-order valence-electron chi connectivity index (χ3n) is 3.26. The van der Waals surface area contributed by atoms with Gasteiger partial charge in [0.2, 0.25) is 5.82 Å². The van der Waals surface area contributed by atoms with Crippen molar-refractivity contribution in [3.8, 4) is 0 Å². The molecule has 1 amide bonds. The molecule has 10 nitrogen and oxygen atoms in total. The van der Waals surface area contributed by atoms with Gasteiger partial charge < -0.3 is 10.2 Å². The number of carbonyl (C=O) groups excluding carboxylic acids is 1. The number of nitrogens with zero attached hydrogens (tertiary/aromatic N) is 3. The zero-order valence-corrected chi connectivity index (χ0v) is 14.0. The number of nitrogens with one attached hydrogen (secondary N) is 4. The average molecular weight is 345 g/mol. The molecule has 2 aromatic rings. The fraction of sp³-hybridized carbons (Fsp3) is 0.267. The van der Waals surface area contributed by atoms with Crippen molar-refractivity contribution in [3.63, 3.8) is 0 Å². The lowest BCUT2D eigenvalue weighted by molar-refractivity contribution is -0.121. The fourth-order valence-electron chi connectivity index (χ4n) is 1.84. The van der Waals surface area contributed by atoms with Gasteiger partial charge in [0.05, 0.1) is 6.21 Å². The molecule has 0 fully saturated rings. The van der Waals surface area contributed by atoms with Crippen molar-refractivity contribution in [2.75, 3.05) is 24.3 Å². The van der Waals surface area contributed by atoms with Crippen LogP contribution < -0.4 is 26.9 Å². The summed E-state index contributed by atoms with van der Waals surface area (Å²) < 4.78 is 0. The van der Waals surface area contributed by atoms with E-state index >= 15 is 0 Å². The van der Waals surface area contributed by atoms with E-state index in [0.717, 1.165) is 11.3 Å². The van der Waals surface area contributed by atoms with E-state index in [1.165, 1.54) is 13.1 Å². The molecular formula is C15H19N7O3. The lowest BCUT2D eigenvalue weighted by atomic mass is 10.2. The van der Waals surface area contributed by atoms with E-state index in [2.05, 4.69) is 26.0 Å². The Labute approximate surface area is 143 Å². The molecule has 0 saturated heterocycles. The molecule has 0 aliphatic heterocycles. The molecule has 2 rings (SSSR count). The Bertz CT molecular complexity index is 868. The Hall–Kier alpha value is -3.43. The van der Waals surface area contributed by atoms with Crippen LogP contribution in [0.1, 0.15) is 12.5 Å². The summed E-state index contributed by atoms with van der Waals surface area (Å²) in [6.07, 6.45) is 1.51. The molecule has 10 heteroatoms. The zero-order valence-electron chi connectivity index (χ0n) is 14.0. The van der Waals surface area contributed by atoms with Crippen molar-refractivity contribution < 1.29 is 4.79 Å². The summed E-state index contributed by atoms with van der Waals surface area (Å²) in [5.74, 6) is -0.626. The molecule has 0 radical (unpaired) electrons. The molecule has 1 aromatic heterocycles. The Balaban J connectivity index is 1.92. The van der Waals surface area contributed by atoms with E-state index < -0.39 is 23.2 Å². The molecule has 0 aliphatic rings. The summed E-state index contributed by atoms with van der Waals surface area (Å²) in [4.78, 5) is 38.3. The minimum Gasteiger partial charge on any atom is -0.378 e. The first kappa shape index (κ1) is 17.9. The average Bonchev–Trinajstić information content (AvgIpc) is 2.57. The summed E-state index contributed by atoms with van der Waals surface area (Å²) in [5, 5.41) is 12.1. The Kier molecular flexibility index (Phi) is 5.66. The van der Waals surface area contributed by atoms with Gasteiger partial charge in [0.1, 0.15) is 6.04 Å². The van der Waals surface area contributed by atoms with Crippen molar-refractivity contribution >= 4 is 23.6 Å². The number of H-pyrrole nitrogens is 2. The van der Waals surface area contributed by atoms with E-state index in [1.807, 2.05) is 48.2 Å². The molecule has 0 spiro atoms. The first-order chi connectivity index (χ1) is 11.9. The third kappa shape index (κ3) is 5.03. The molecule has 1 aromatic carbocycles. The highest BCUT2D eigenvalue weighted by Gasteiger charge is 2.14. The summed E-state index contributed by atoms with van der Waals surface area (Å²) in [6.45, 7) is 1.53. The molecule has 0 saturated carbocycles. The molecule has 132 valence electrons. The Morgan fingerprint density at radius 1 is 1.28 bits per heavy atom. The van der Waals surface area contributed by atoms with E-state index in [0.29, 0.717) is 0 Å². The van der Waals surface area contributed by atoms with Gasteiger partial charge in [0.15, 0.2) is 0 Å². The van der Waals surface area contributed by atoms with Crippen LogP contribution in [-0.4, -0.2) is 47.4 Å². The van der Waals surface area contributed by atoms with Crippen LogP contribution in [0.2, 0.25) is 0 Å². The number of hydrazone groups is 1. The lowest BCUT2D eigenvalue weighted by Crippen LogP contribution is -2.38. The van der Waals surface area contributed by atoms with Gasteiger partial charge in [0.25, 0.3) is 11.5 Å². The van der Waals surface area contributed by atoms with Gasteiger partial charge in [0, 0.05) is 19.8 Å². The summed E-state index contributed by atoms with van der Waals surface area (Å²) in [7, 11) is 3.89. The van der Waals surface area contributed by atoms with Gasteiger partial charge in [-0.25, -0.2) is 15.3 Å². The number of rotatable bonds is 6. The number of hydrogen-bond donors (Lipinski definition) is 4. The highest BCUT2D eigenvalue weighted by molar-refractivity contribution is 5.86. The number of amides is 1. The number of anilines is 2. The van der Waals surface area contributed by atoms with Crippen LogP contribution in [0.15, 0.2) is 39.0 Å². The minimum atomic E-state index is -0.784. The number of aromatic nitrogens is 3. The summed E-state index contributed by atoms with van der Waals surface area (Å²) in [6, 6.07) is 6.82. The minimum absolute atomic E-state index is 0.162. The van der Waals surface area contributed by atoms with Gasteiger partial charge in [-0.3, -0.25) is 14.6 Å². The van der Waals surface area contributed by atoms with Crippen molar-refractivity contribution in [3.05, 3.63) is 50.7 Å². The van der Waals surface area contributed by atoms with Crippen LogP contribution in [0, 0.1) is 0 Å². The number of aromatic amines is 2. The van der Waals surface area contributed by atoms with Gasteiger partial charge in [-0.05, 0) is 24.6 Å². The Morgan fingerprint density at radius 3 is 2.56 bits per heavy atom. The zero-order chi connectivity index (χ0) is 18.4. The van der Waals surface area contributed by atoms with Gasteiger partial charge >= 0.3 is 5.69 Å². The maximum Gasteiger partial charge on any atom is 0.342 e. The lowest BCUT2D eigenvalue weighted by Gasteiger charge is -2.12. The second-order valence-corrected chi connectivity index (χ2v) is 5.44. The van der Waals surface area contributed by atoms with Gasteiger partial charge in [-0.2, -0.15) is 5.10 Å². The van der Waals surface area contributed by atoms with Crippen LogP contribution in [0.25, 0.3) is 0 Å². The number of benzene rings is 1. The predicted octanol–water partition coefficient (Wildman–Crippen LogP) is -0.525. The van der Waals surface area contributed by atoms with Crippen LogP contribution in [-0.2, 0) is 4.79 Å². The quantitative estimate of drug-likeness (QED) is 0.411. The second kappa shape index (κ2) is 7.90. The van der Waals surface area contributed by atoms with E-state index in [-0.39, 0.29) is 5.82 Å². The van der Waals surface area contributed by atoms with Gasteiger partial charge in [-0.15, -0.1) is 5.10 Å². The molecule has 1 heterocycles. The van der Waals surface area contributed by atoms with Crippen molar-refractivity contribution in [2.24, 2.45) is 5.10 Å². The maximum atomic E-state index is 12.0. The first-order valence-electron chi connectivity index (χ1n) is 7.42. The smallest absolute Gasteiger partial charge is 0.342 e. The van der Waals surface area contributed by atoms with E-state index in [1.54, 1.807) is 0 Å². The molecule has 4 N–H and O–H groups in total. The van der Waals surface area contributed by atoms with Crippen LogP contribution >= 0.6 is 0 Å². The topological polar surface area (TPSA) is 135 Å². The molecule has 0 bridgehead atoms. The molecular weight excluding hydrogens is 326 g/mol. The van der Waals surface area contributed by atoms with Crippen molar-refractivity contribution in [1.82, 2.24) is 20.6 Å². The Morgan fingerprint density at radius 2 is 1.96 bits per heavy atom. The summed E-state index contributed by atoms with van der Waals surface area (Å²) >= 11 is 0. The SMILES string of the molecule is C[C@H](Nc1n[nH]c(=O)[nH]c1=O)C(=O)N/N=C\c1ccc(N(C)C)cc1. The van der Waals surface area contributed by atoms with Crippen molar-refractivity contribution in [1.29, 1.82) is 0 Å². The van der Waals surface area contributed by atoms with Crippen LogP contribution in [0.4, 0.5) is 11.5 Å². The maximum absolute atomic E-state index is 12.0. The predicted molar refractivity (Wildman–Crippen MR) is 95.1 cm³/mol. The van der Waals surface area contributed by atoms with Crippen LogP contribution in [0.5, 0.6) is 0 Å². The standard InChI is InChI=1S/C15H19N7O3/c1-9(17-12-14(24)18-15(25)21-19-12)13(23)20-16-8-10-4-6-11(7-5-10)22(2)3/h4-9H,1-3H3,(H,17,19)(H,20,23)(H2,18,21,24,25)/b16-8-/t9-/m0/s1. The highest BCUT2D eigenvalue weighted by Crippen LogP contribution is 2.10. The second-order valence-electron chi connectivity index (χ2n) is 5.44. The monoisotopic (exact) mass is 345 g/mol. The highest BCUT2D eigenvalue weighted by atomic mass is 16.2. The van der Waals surface area contributed by atoms with E-state index in [9.17, 15) is 14.4 Å².